The van der Waals surface area contributed by atoms with Crippen molar-refractivity contribution in [2.45, 2.75) is 52.2 Å². The lowest BCUT2D eigenvalue weighted by Crippen LogP contribution is -2.49. The van der Waals surface area contributed by atoms with Crippen LogP contribution in [-0.2, 0) is 14.8 Å². The second kappa shape index (κ2) is 9.52. The van der Waals surface area contributed by atoms with Gasteiger partial charge in [-0.2, -0.15) is 4.31 Å². The minimum absolute atomic E-state index is 0.0677. The van der Waals surface area contributed by atoms with Gasteiger partial charge in [-0.15, -0.1) is 0 Å². The number of nitrogens with zero attached hydrogens (tertiary/aromatic N) is 2. The number of hydrogen-bond acceptors (Lipinski definition) is 4. The number of nitrogens with one attached hydrogen (secondary N) is 1. The molecule has 1 heterocycles. The first-order valence-corrected chi connectivity index (χ1v) is 11.1. The lowest BCUT2D eigenvalue weighted by molar-refractivity contribution is -0.0440. The first-order chi connectivity index (χ1) is 12.7. The predicted molar refractivity (Wildman–Crippen MR) is 111 cm³/mol. The minimum atomic E-state index is -3.37. The van der Waals surface area contributed by atoms with E-state index >= 15 is 0 Å². The number of guanidine groups is 1. The third kappa shape index (κ3) is 6.48. The molecule has 0 spiro atoms. The van der Waals surface area contributed by atoms with Crippen molar-refractivity contribution < 1.29 is 13.2 Å². The van der Waals surface area contributed by atoms with Gasteiger partial charge < -0.3 is 15.8 Å². The molecule has 2 rings (SSSR count). The molecule has 1 aromatic rings. The molecular weight excluding hydrogens is 364 g/mol. The molecule has 1 saturated heterocycles. The molecule has 3 N–H and O–H groups in total. The summed E-state index contributed by atoms with van der Waals surface area (Å²) in [6, 6.07) is 8.04. The van der Waals surface area contributed by atoms with Crippen LogP contribution in [-0.4, -0.2) is 56.3 Å². The summed E-state index contributed by atoms with van der Waals surface area (Å²) in [7, 11) is -3.37. The highest BCUT2D eigenvalue weighted by molar-refractivity contribution is 7.89. The van der Waals surface area contributed by atoms with E-state index in [1.807, 2.05) is 26.0 Å². The number of morpholine rings is 1. The fraction of sp³-hybridized carbons (Fsp3) is 0.632. The van der Waals surface area contributed by atoms with E-state index in [0.717, 1.165) is 12.1 Å². The summed E-state index contributed by atoms with van der Waals surface area (Å²) < 4.78 is 32.0. The van der Waals surface area contributed by atoms with E-state index < -0.39 is 10.0 Å². The molecule has 8 heteroatoms. The number of ether oxygens (including phenoxy) is 1. The van der Waals surface area contributed by atoms with Gasteiger partial charge in [0.2, 0.25) is 10.0 Å². The third-order valence-corrected chi connectivity index (χ3v) is 6.56. The van der Waals surface area contributed by atoms with Crippen LogP contribution in [0.4, 0.5) is 5.69 Å². The number of sulfonamides is 1. The molecule has 3 atom stereocenters. The maximum absolute atomic E-state index is 12.5. The maximum atomic E-state index is 12.5. The Balaban J connectivity index is 1.88. The van der Waals surface area contributed by atoms with Crippen LogP contribution in [0.15, 0.2) is 29.3 Å². The monoisotopic (exact) mass is 396 g/mol. The molecule has 1 aromatic carbocycles. The number of benzene rings is 1. The molecule has 3 unspecified atom stereocenters. The van der Waals surface area contributed by atoms with Gasteiger partial charge in [0.15, 0.2) is 5.96 Å². The Kier molecular flexibility index (Phi) is 7.64. The quantitative estimate of drug-likeness (QED) is 0.545. The van der Waals surface area contributed by atoms with Gasteiger partial charge in [0, 0.05) is 18.8 Å². The molecule has 0 amide bonds. The molecule has 0 aromatic heterocycles. The van der Waals surface area contributed by atoms with Crippen LogP contribution < -0.4 is 11.1 Å². The van der Waals surface area contributed by atoms with Crippen molar-refractivity contribution >= 4 is 21.7 Å². The largest absolute Gasteiger partial charge is 0.373 e. The van der Waals surface area contributed by atoms with Gasteiger partial charge in [0.05, 0.1) is 24.5 Å². The van der Waals surface area contributed by atoms with Crippen LogP contribution in [0.25, 0.3) is 0 Å². The van der Waals surface area contributed by atoms with Gasteiger partial charge in [-0.25, -0.2) is 8.42 Å². The summed E-state index contributed by atoms with van der Waals surface area (Å²) in [5.74, 6) is 0.660. The van der Waals surface area contributed by atoms with Crippen LogP contribution >= 0.6 is 0 Å². The van der Waals surface area contributed by atoms with Crippen LogP contribution in [0.2, 0.25) is 0 Å². The van der Waals surface area contributed by atoms with E-state index in [9.17, 15) is 8.42 Å². The Morgan fingerprint density at radius 3 is 2.44 bits per heavy atom. The Morgan fingerprint density at radius 2 is 1.89 bits per heavy atom. The molecule has 7 nitrogen and oxygen atoms in total. The van der Waals surface area contributed by atoms with E-state index in [0.29, 0.717) is 19.0 Å². The third-order valence-electron chi connectivity index (χ3n) is 4.78. The number of anilines is 1. The normalized spacial score (nSPS) is 23.2. The maximum Gasteiger partial charge on any atom is 0.216 e. The zero-order chi connectivity index (χ0) is 20.0. The summed E-state index contributed by atoms with van der Waals surface area (Å²) in [5, 5.41) is 3.01. The second-order valence-electron chi connectivity index (χ2n) is 7.21. The fourth-order valence-corrected chi connectivity index (χ4v) is 4.54. The van der Waals surface area contributed by atoms with Crippen molar-refractivity contribution in [3.8, 4) is 0 Å². The lowest BCUT2D eigenvalue weighted by Gasteiger charge is -2.34. The van der Waals surface area contributed by atoms with Crippen molar-refractivity contribution in [1.29, 1.82) is 0 Å². The number of hydrogen-bond donors (Lipinski definition) is 2. The highest BCUT2D eigenvalue weighted by Gasteiger charge is 2.30. The molecule has 1 fully saturated rings. The van der Waals surface area contributed by atoms with E-state index in [2.05, 4.69) is 36.3 Å². The summed E-state index contributed by atoms with van der Waals surface area (Å²) in [4.78, 5) is 4.16. The molecular formula is C19H32N4O3S. The van der Waals surface area contributed by atoms with Crippen molar-refractivity contribution in [3.63, 3.8) is 0 Å². The zero-order valence-corrected chi connectivity index (χ0v) is 17.5. The minimum Gasteiger partial charge on any atom is -0.373 e. The van der Waals surface area contributed by atoms with E-state index in [4.69, 9.17) is 10.5 Å². The number of aliphatic imine (C=N–C) groups is 1. The average Bonchev–Trinajstić information content (AvgIpc) is 2.60. The molecule has 0 bridgehead atoms. The van der Waals surface area contributed by atoms with Crippen molar-refractivity contribution in [2.75, 3.05) is 30.7 Å². The SMILES string of the molecule is CCC(C)c1ccc(NC(N)=NCCS(=O)(=O)N2CC(C)OC(C)C2)cc1. The summed E-state index contributed by atoms with van der Waals surface area (Å²) in [6.07, 6.45) is 0.889. The fourth-order valence-electron chi connectivity index (χ4n) is 3.09. The number of rotatable bonds is 7. The van der Waals surface area contributed by atoms with Crippen LogP contribution in [0, 0.1) is 0 Å². The van der Waals surface area contributed by atoms with Gasteiger partial charge in [-0.05, 0) is 43.9 Å². The Hall–Kier alpha value is -1.64. The molecule has 27 heavy (non-hydrogen) atoms. The molecule has 152 valence electrons. The number of nitrogens with two attached hydrogens (primary N) is 1. The first-order valence-electron chi connectivity index (χ1n) is 9.51. The van der Waals surface area contributed by atoms with Crippen LogP contribution in [0.1, 0.15) is 45.6 Å². The lowest BCUT2D eigenvalue weighted by atomic mass is 9.99. The molecule has 0 saturated carbocycles. The molecule has 1 aliphatic heterocycles. The Morgan fingerprint density at radius 1 is 1.30 bits per heavy atom. The highest BCUT2D eigenvalue weighted by Crippen LogP contribution is 2.20. The standard InChI is InChI=1S/C19H32N4O3S/c1-5-14(2)17-6-8-18(9-7-17)22-19(20)21-10-11-27(24,25)23-12-15(3)26-16(4)13-23/h6-9,14-16H,5,10-13H2,1-4H3,(H3,20,21,22). The van der Waals surface area contributed by atoms with Crippen molar-refractivity contribution in [1.82, 2.24) is 4.31 Å². The topological polar surface area (TPSA) is 97.0 Å². The van der Waals surface area contributed by atoms with E-state index in [1.165, 1.54) is 9.87 Å². The van der Waals surface area contributed by atoms with Crippen LogP contribution in [0.5, 0.6) is 0 Å². The zero-order valence-electron chi connectivity index (χ0n) is 16.7. The van der Waals surface area contributed by atoms with Gasteiger partial charge in [-0.3, -0.25) is 4.99 Å². The van der Waals surface area contributed by atoms with Gasteiger partial charge >= 0.3 is 0 Å². The second-order valence-corrected chi connectivity index (χ2v) is 9.30. The first kappa shape index (κ1) is 21.7. The average molecular weight is 397 g/mol. The predicted octanol–water partition coefficient (Wildman–Crippen LogP) is 2.37. The van der Waals surface area contributed by atoms with E-state index in [1.54, 1.807) is 0 Å². The van der Waals surface area contributed by atoms with Crippen molar-refractivity contribution in [2.24, 2.45) is 10.7 Å². The molecule has 1 aliphatic rings. The van der Waals surface area contributed by atoms with Crippen molar-refractivity contribution in [3.05, 3.63) is 29.8 Å². The van der Waals surface area contributed by atoms with Crippen LogP contribution in [0.3, 0.4) is 0 Å². The highest BCUT2D eigenvalue weighted by atomic mass is 32.2. The van der Waals surface area contributed by atoms with Gasteiger partial charge in [0.25, 0.3) is 0 Å². The summed E-state index contributed by atoms with van der Waals surface area (Å²) in [5.41, 5.74) is 8.00. The molecule has 0 aliphatic carbocycles. The summed E-state index contributed by atoms with van der Waals surface area (Å²) >= 11 is 0. The Bertz CT molecular complexity index is 724. The van der Waals surface area contributed by atoms with E-state index in [-0.39, 0.29) is 30.5 Å². The summed E-state index contributed by atoms with van der Waals surface area (Å²) in [6.45, 7) is 8.99. The smallest absolute Gasteiger partial charge is 0.216 e. The van der Waals surface area contributed by atoms with Gasteiger partial charge in [-0.1, -0.05) is 26.0 Å². The van der Waals surface area contributed by atoms with Gasteiger partial charge in [0.1, 0.15) is 0 Å². The molecule has 0 radical (unpaired) electrons. The Labute approximate surface area is 163 Å².